The molecule has 0 radical (unpaired) electrons. The van der Waals surface area contributed by atoms with Gasteiger partial charge in [-0.3, -0.25) is 9.10 Å². The molecule has 4 rings (SSSR count). The first kappa shape index (κ1) is 19.6. The van der Waals surface area contributed by atoms with Crippen molar-refractivity contribution >= 4 is 50.1 Å². The van der Waals surface area contributed by atoms with E-state index in [1.807, 2.05) is 30.3 Å². The molecule has 0 fully saturated rings. The third-order valence-corrected chi connectivity index (χ3v) is 7.33. The number of halogens is 2. The Morgan fingerprint density at radius 1 is 1.14 bits per heavy atom. The highest BCUT2D eigenvalue weighted by molar-refractivity contribution is 7.97. The number of allylic oxidation sites excluding steroid dienone is 1. The topological polar surface area (TPSA) is 66.5 Å². The Balaban J connectivity index is 1.74. The first-order valence-corrected chi connectivity index (χ1v) is 11.2. The standard InChI is InChI=1S/C20H14ClFN2O3S2/c21-15-10-14(6-7-16(15)22)23-11-18-19(25)20-17(8-9-28-20)24(29(18,26)27)12-13-4-2-1-3-5-13/h1-11,23H,12H2/b18-11+. The second-order valence-electron chi connectivity index (χ2n) is 6.24. The number of carbonyl (C=O) groups excluding carboxylic acids is 1. The maximum Gasteiger partial charge on any atom is 0.270 e. The van der Waals surface area contributed by atoms with Crippen molar-refractivity contribution in [2.24, 2.45) is 0 Å². The molecule has 5 nitrogen and oxygen atoms in total. The molecule has 0 saturated carbocycles. The number of hydrogen-bond acceptors (Lipinski definition) is 5. The van der Waals surface area contributed by atoms with Crippen molar-refractivity contribution in [2.75, 3.05) is 9.62 Å². The van der Waals surface area contributed by atoms with Gasteiger partial charge in [-0.05, 0) is 35.2 Å². The van der Waals surface area contributed by atoms with Gasteiger partial charge in [-0.25, -0.2) is 12.8 Å². The van der Waals surface area contributed by atoms with Crippen LogP contribution in [0.2, 0.25) is 5.02 Å². The van der Waals surface area contributed by atoms with Crippen LogP contribution in [0, 0.1) is 5.82 Å². The van der Waals surface area contributed by atoms with Gasteiger partial charge in [0.1, 0.15) is 10.7 Å². The number of fused-ring (bicyclic) bond motifs is 1. The third-order valence-electron chi connectivity index (χ3n) is 4.37. The minimum absolute atomic E-state index is 0.0971. The van der Waals surface area contributed by atoms with Crippen LogP contribution in [-0.2, 0) is 16.6 Å². The van der Waals surface area contributed by atoms with Gasteiger partial charge in [-0.2, -0.15) is 0 Å². The lowest BCUT2D eigenvalue weighted by Gasteiger charge is -2.29. The van der Waals surface area contributed by atoms with E-state index >= 15 is 0 Å². The highest BCUT2D eigenvalue weighted by Crippen LogP contribution is 2.39. The van der Waals surface area contributed by atoms with Gasteiger partial charge >= 0.3 is 0 Å². The summed E-state index contributed by atoms with van der Waals surface area (Å²) < 4.78 is 41.1. The Bertz CT molecular complexity index is 1220. The number of sulfonamides is 1. The zero-order valence-electron chi connectivity index (χ0n) is 14.8. The smallest absolute Gasteiger partial charge is 0.270 e. The van der Waals surface area contributed by atoms with E-state index in [-0.39, 0.29) is 16.5 Å². The summed E-state index contributed by atoms with van der Waals surface area (Å²) in [6.07, 6.45) is 1.13. The predicted octanol–water partition coefficient (Wildman–Crippen LogP) is 5.03. The van der Waals surface area contributed by atoms with Crippen molar-refractivity contribution in [3.05, 3.63) is 92.4 Å². The molecule has 29 heavy (non-hydrogen) atoms. The molecule has 0 amide bonds. The summed E-state index contributed by atoms with van der Waals surface area (Å²) in [5.41, 5.74) is 1.52. The summed E-state index contributed by atoms with van der Waals surface area (Å²) in [7, 11) is -4.10. The SMILES string of the molecule is O=C1/C(=C\Nc2ccc(F)c(Cl)c2)S(=O)(=O)N(Cc2ccccc2)c2ccsc21. The summed E-state index contributed by atoms with van der Waals surface area (Å²) in [4.78, 5) is 12.8. The zero-order chi connectivity index (χ0) is 20.6. The number of anilines is 2. The Hall–Kier alpha value is -2.68. The monoisotopic (exact) mass is 448 g/mol. The lowest BCUT2D eigenvalue weighted by molar-refractivity contribution is 0.104. The van der Waals surface area contributed by atoms with Crippen molar-refractivity contribution in [3.63, 3.8) is 0 Å². The Kier molecular flexibility index (Phi) is 5.16. The Labute approximate surface area is 176 Å². The molecule has 0 aliphatic carbocycles. The molecule has 3 aromatic rings. The Morgan fingerprint density at radius 3 is 2.62 bits per heavy atom. The van der Waals surface area contributed by atoms with Crippen LogP contribution in [0.1, 0.15) is 15.2 Å². The molecule has 1 aromatic heterocycles. The summed E-state index contributed by atoms with van der Waals surface area (Å²) in [6.45, 7) is 0.0971. The van der Waals surface area contributed by atoms with E-state index in [0.717, 1.165) is 17.8 Å². The largest absolute Gasteiger partial charge is 0.360 e. The van der Waals surface area contributed by atoms with Crippen LogP contribution in [0.5, 0.6) is 0 Å². The number of nitrogens with zero attached hydrogens (tertiary/aromatic N) is 1. The molecule has 0 atom stereocenters. The summed E-state index contributed by atoms with van der Waals surface area (Å²) in [5.74, 6) is -1.18. The second kappa shape index (κ2) is 7.62. The average molecular weight is 449 g/mol. The maximum atomic E-state index is 13.3. The van der Waals surface area contributed by atoms with Gasteiger partial charge in [0.25, 0.3) is 10.0 Å². The number of hydrogen-bond donors (Lipinski definition) is 1. The van der Waals surface area contributed by atoms with E-state index < -0.39 is 21.6 Å². The molecule has 0 spiro atoms. The van der Waals surface area contributed by atoms with Crippen LogP contribution in [0.15, 0.2) is 71.1 Å². The minimum atomic E-state index is -4.10. The predicted molar refractivity (Wildman–Crippen MR) is 113 cm³/mol. The molecule has 1 aliphatic rings. The van der Waals surface area contributed by atoms with Crippen LogP contribution in [0.25, 0.3) is 0 Å². The first-order valence-electron chi connectivity index (χ1n) is 8.48. The van der Waals surface area contributed by atoms with E-state index in [9.17, 15) is 17.6 Å². The number of carbonyl (C=O) groups is 1. The van der Waals surface area contributed by atoms with E-state index in [1.165, 1.54) is 27.8 Å². The fourth-order valence-corrected chi connectivity index (χ4v) is 5.60. The number of benzene rings is 2. The lowest BCUT2D eigenvalue weighted by atomic mass is 10.2. The molecule has 9 heteroatoms. The molecular weight excluding hydrogens is 435 g/mol. The molecular formula is C20H14ClFN2O3S2. The van der Waals surface area contributed by atoms with Crippen molar-refractivity contribution in [3.8, 4) is 0 Å². The number of rotatable bonds is 4. The van der Waals surface area contributed by atoms with Crippen molar-refractivity contribution in [1.82, 2.24) is 0 Å². The summed E-state index contributed by atoms with van der Waals surface area (Å²) in [5, 5.41) is 4.31. The number of nitrogens with one attached hydrogen (secondary N) is 1. The van der Waals surface area contributed by atoms with Crippen LogP contribution in [0.4, 0.5) is 15.8 Å². The molecule has 0 unspecified atom stereocenters. The molecule has 0 saturated heterocycles. The van der Waals surface area contributed by atoms with Gasteiger partial charge in [0, 0.05) is 11.9 Å². The van der Waals surface area contributed by atoms with Crippen LogP contribution in [0.3, 0.4) is 0 Å². The first-order chi connectivity index (χ1) is 13.9. The number of Topliss-reactive ketones (excluding diaryl/α,β-unsaturated/α-hetero) is 1. The molecule has 1 aliphatic heterocycles. The van der Waals surface area contributed by atoms with Crippen LogP contribution in [-0.4, -0.2) is 14.2 Å². The van der Waals surface area contributed by atoms with E-state index in [0.29, 0.717) is 16.3 Å². The van der Waals surface area contributed by atoms with E-state index in [1.54, 1.807) is 11.4 Å². The molecule has 1 N–H and O–H groups in total. The van der Waals surface area contributed by atoms with Crippen molar-refractivity contribution < 1.29 is 17.6 Å². The molecule has 148 valence electrons. The van der Waals surface area contributed by atoms with Gasteiger partial charge < -0.3 is 5.32 Å². The highest BCUT2D eigenvalue weighted by atomic mass is 35.5. The van der Waals surface area contributed by atoms with Crippen LogP contribution >= 0.6 is 22.9 Å². The minimum Gasteiger partial charge on any atom is -0.360 e. The van der Waals surface area contributed by atoms with Gasteiger partial charge in [0.2, 0.25) is 5.78 Å². The van der Waals surface area contributed by atoms with Gasteiger partial charge in [-0.15, -0.1) is 11.3 Å². The summed E-state index contributed by atoms with van der Waals surface area (Å²) in [6, 6.07) is 14.6. The fraction of sp³-hybridized carbons (Fsp3) is 0.0500. The van der Waals surface area contributed by atoms with Crippen molar-refractivity contribution in [1.29, 1.82) is 0 Å². The van der Waals surface area contributed by atoms with Crippen LogP contribution < -0.4 is 9.62 Å². The van der Waals surface area contributed by atoms with Crippen molar-refractivity contribution in [2.45, 2.75) is 6.54 Å². The molecule has 2 aromatic carbocycles. The average Bonchev–Trinajstić information content (AvgIpc) is 3.18. The number of thiophene rings is 1. The second-order valence-corrected chi connectivity index (χ2v) is 9.40. The zero-order valence-corrected chi connectivity index (χ0v) is 17.2. The molecule has 0 bridgehead atoms. The fourth-order valence-electron chi connectivity index (χ4n) is 2.94. The lowest BCUT2D eigenvalue weighted by Crippen LogP contribution is -2.38. The van der Waals surface area contributed by atoms with Gasteiger partial charge in [0.05, 0.1) is 17.3 Å². The van der Waals surface area contributed by atoms with Gasteiger partial charge in [0.15, 0.2) is 4.91 Å². The third kappa shape index (κ3) is 3.66. The van der Waals surface area contributed by atoms with E-state index in [2.05, 4.69) is 5.32 Å². The van der Waals surface area contributed by atoms with Gasteiger partial charge in [-0.1, -0.05) is 41.9 Å². The summed E-state index contributed by atoms with van der Waals surface area (Å²) >= 11 is 6.94. The normalized spacial score (nSPS) is 16.7. The Morgan fingerprint density at radius 2 is 1.90 bits per heavy atom. The molecule has 2 heterocycles. The van der Waals surface area contributed by atoms with E-state index in [4.69, 9.17) is 11.6 Å². The quantitative estimate of drug-likeness (QED) is 0.568. The maximum absolute atomic E-state index is 13.3. The highest BCUT2D eigenvalue weighted by Gasteiger charge is 2.41. The number of ketones is 1.